The van der Waals surface area contributed by atoms with Crippen LogP contribution in [0.25, 0.3) is 0 Å². The molecule has 0 spiro atoms. The summed E-state index contributed by atoms with van der Waals surface area (Å²) < 4.78 is 0.714. The highest BCUT2D eigenvalue weighted by Gasteiger charge is 2.11. The Morgan fingerprint density at radius 2 is 2.16 bits per heavy atom. The summed E-state index contributed by atoms with van der Waals surface area (Å²) in [4.78, 5) is 14.7. The van der Waals surface area contributed by atoms with Gasteiger partial charge in [0.1, 0.15) is 0 Å². The van der Waals surface area contributed by atoms with E-state index in [9.17, 15) is 4.79 Å². The first-order chi connectivity index (χ1) is 8.99. The van der Waals surface area contributed by atoms with E-state index in [4.69, 9.17) is 28.3 Å². The minimum absolute atomic E-state index is 0.0664. The van der Waals surface area contributed by atoms with Gasteiger partial charge in [0.05, 0.1) is 28.0 Å². The third-order valence-corrected chi connectivity index (χ3v) is 4.88. The number of hydrogen-bond acceptors (Lipinski definition) is 4. The van der Waals surface area contributed by atoms with Crippen LogP contribution in [0.15, 0.2) is 22.0 Å². The highest BCUT2D eigenvalue weighted by Crippen LogP contribution is 2.35. The van der Waals surface area contributed by atoms with Crippen molar-refractivity contribution in [3.63, 3.8) is 0 Å². The lowest BCUT2D eigenvalue weighted by Crippen LogP contribution is -2.02. The topological polar surface area (TPSA) is 62.2 Å². The van der Waals surface area contributed by atoms with Crippen LogP contribution in [0.1, 0.15) is 15.5 Å². The number of carbonyl (C=O) groups is 1. The average molecular weight is 382 g/mol. The third kappa shape index (κ3) is 3.39. The second-order valence-electron chi connectivity index (χ2n) is 3.53. The molecule has 0 bridgehead atoms. The number of hydrogen-bond donors (Lipinski definition) is 2. The van der Waals surface area contributed by atoms with Crippen molar-refractivity contribution in [2.45, 2.75) is 6.54 Å². The normalized spacial score (nSPS) is 10.5. The van der Waals surface area contributed by atoms with E-state index in [1.165, 1.54) is 0 Å². The Labute approximate surface area is 131 Å². The van der Waals surface area contributed by atoms with Gasteiger partial charge in [0.15, 0.2) is 0 Å². The molecule has 0 aliphatic carbocycles. The average Bonchev–Trinajstić information content (AvgIpc) is 2.84. The maximum absolute atomic E-state index is 10.7. The van der Waals surface area contributed by atoms with Crippen LogP contribution in [-0.2, 0) is 6.54 Å². The zero-order valence-electron chi connectivity index (χ0n) is 9.28. The Morgan fingerprint density at radius 1 is 1.42 bits per heavy atom. The van der Waals surface area contributed by atoms with E-state index in [0.29, 0.717) is 32.4 Å². The van der Waals surface area contributed by atoms with Gasteiger partial charge in [-0.05, 0) is 28.1 Å². The van der Waals surface area contributed by atoms with Crippen LogP contribution in [-0.4, -0.2) is 16.1 Å². The van der Waals surface area contributed by atoms with Gasteiger partial charge in [-0.15, -0.1) is 11.3 Å². The van der Waals surface area contributed by atoms with Crippen LogP contribution in [0.3, 0.4) is 0 Å². The first-order valence-corrected chi connectivity index (χ1v) is 7.47. The number of carboxylic acids is 1. The zero-order valence-corrected chi connectivity index (χ0v) is 13.2. The molecule has 19 heavy (non-hydrogen) atoms. The summed E-state index contributed by atoms with van der Waals surface area (Å²) in [5.41, 5.74) is 1.30. The summed E-state index contributed by atoms with van der Waals surface area (Å²) in [6, 6.07) is 3.56. The minimum Gasteiger partial charge on any atom is -0.476 e. The molecule has 8 heteroatoms. The van der Waals surface area contributed by atoms with E-state index in [-0.39, 0.29) is 5.01 Å². The highest BCUT2D eigenvalue weighted by atomic mass is 79.9. The molecule has 0 unspecified atom stereocenters. The zero-order chi connectivity index (χ0) is 14.0. The molecule has 100 valence electrons. The molecule has 0 fully saturated rings. The molecule has 0 aliphatic heterocycles. The van der Waals surface area contributed by atoms with Gasteiger partial charge in [-0.1, -0.05) is 23.2 Å². The van der Waals surface area contributed by atoms with Gasteiger partial charge in [0.2, 0.25) is 5.01 Å². The van der Waals surface area contributed by atoms with Gasteiger partial charge < -0.3 is 10.4 Å². The molecule has 0 radical (unpaired) electrons. The Kier molecular flexibility index (Phi) is 4.67. The quantitative estimate of drug-likeness (QED) is 0.764. The summed E-state index contributed by atoms with van der Waals surface area (Å²) in [5.74, 6) is -1.03. The van der Waals surface area contributed by atoms with Gasteiger partial charge in [0, 0.05) is 9.85 Å². The Morgan fingerprint density at radius 3 is 2.79 bits per heavy atom. The molecule has 1 heterocycles. The molecule has 2 aromatic rings. The standard InChI is InChI=1S/C11H7BrCl2N2O2S/c12-6-1-2-7(9(14)8(6)13)15-3-5-4-19-10(16-5)11(17)18/h1-2,4,15H,3H2,(H,17,18). The molecule has 0 saturated carbocycles. The summed E-state index contributed by atoms with van der Waals surface area (Å²) >= 11 is 16.4. The fraction of sp³-hybridized carbons (Fsp3) is 0.0909. The van der Waals surface area contributed by atoms with Crippen LogP contribution >= 0.6 is 50.5 Å². The number of carboxylic acid groups (broad SMARTS) is 1. The second-order valence-corrected chi connectivity index (χ2v) is 5.99. The third-order valence-electron chi connectivity index (χ3n) is 2.23. The number of benzene rings is 1. The molecular formula is C11H7BrCl2N2O2S. The molecule has 2 N–H and O–H groups in total. The molecular weight excluding hydrogens is 375 g/mol. The predicted octanol–water partition coefficient (Wildman–Crippen LogP) is 4.52. The van der Waals surface area contributed by atoms with Crippen molar-refractivity contribution in [2.75, 3.05) is 5.32 Å². The van der Waals surface area contributed by atoms with Crippen LogP contribution in [0, 0.1) is 0 Å². The second kappa shape index (κ2) is 6.09. The molecule has 2 rings (SSSR count). The van der Waals surface area contributed by atoms with E-state index in [0.717, 1.165) is 11.3 Å². The maximum Gasteiger partial charge on any atom is 0.365 e. The van der Waals surface area contributed by atoms with Crippen LogP contribution in [0.4, 0.5) is 5.69 Å². The van der Waals surface area contributed by atoms with Crippen molar-refractivity contribution in [1.82, 2.24) is 4.98 Å². The van der Waals surface area contributed by atoms with Crippen molar-refractivity contribution >= 4 is 62.1 Å². The van der Waals surface area contributed by atoms with E-state index in [1.807, 2.05) is 0 Å². The number of thiazole rings is 1. The van der Waals surface area contributed by atoms with Gasteiger partial charge >= 0.3 is 5.97 Å². The van der Waals surface area contributed by atoms with Crippen molar-refractivity contribution in [3.05, 3.63) is 42.7 Å². The number of nitrogens with zero attached hydrogens (tertiary/aromatic N) is 1. The summed E-state index contributed by atoms with van der Waals surface area (Å²) in [6.45, 7) is 0.376. The number of halogens is 3. The summed E-state index contributed by atoms with van der Waals surface area (Å²) in [5, 5.41) is 14.4. The maximum atomic E-state index is 10.7. The van der Waals surface area contributed by atoms with E-state index in [1.54, 1.807) is 17.5 Å². The Hall–Kier alpha value is -0.820. The lowest BCUT2D eigenvalue weighted by Gasteiger charge is -2.09. The first-order valence-electron chi connectivity index (χ1n) is 5.04. The van der Waals surface area contributed by atoms with Crippen molar-refractivity contribution in [2.24, 2.45) is 0 Å². The Bertz CT molecular complexity index is 633. The molecule has 0 aliphatic rings. The number of aromatic carboxylic acids is 1. The van der Waals surface area contributed by atoms with Crippen LogP contribution in [0.5, 0.6) is 0 Å². The van der Waals surface area contributed by atoms with Gasteiger partial charge in [-0.3, -0.25) is 0 Å². The van der Waals surface area contributed by atoms with Crippen LogP contribution in [0.2, 0.25) is 10.0 Å². The number of aromatic nitrogens is 1. The Balaban J connectivity index is 2.10. The van der Waals surface area contributed by atoms with Gasteiger partial charge in [-0.2, -0.15) is 0 Å². The molecule has 4 nitrogen and oxygen atoms in total. The molecule has 1 aromatic carbocycles. The fourth-order valence-corrected chi connectivity index (χ4v) is 2.83. The lowest BCUT2D eigenvalue weighted by atomic mass is 10.3. The molecule has 0 amide bonds. The van der Waals surface area contributed by atoms with Gasteiger partial charge in [-0.25, -0.2) is 9.78 Å². The highest BCUT2D eigenvalue weighted by molar-refractivity contribution is 9.10. The first kappa shape index (κ1) is 14.6. The molecule has 0 atom stereocenters. The molecule has 0 saturated heterocycles. The predicted molar refractivity (Wildman–Crippen MR) is 80.6 cm³/mol. The molecule has 1 aromatic heterocycles. The lowest BCUT2D eigenvalue weighted by molar-refractivity contribution is 0.0696. The largest absolute Gasteiger partial charge is 0.476 e. The van der Waals surface area contributed by atoms with E-state index < -0.39 is 5.97 Å². The summed E-state index contributed by atoms with van der Waals surface area (Å²) in [6.07, 6.45) is 0. The fourth-order valence-electron chi connectivity index (χ4n) is 1.33. The smallest absolute Gasteiger partial charge is 0.365 e. The monoisotopic (exact) mass is 380 g/mol. The van der Waals surface area contributed by atoms with Crippen LogP contribution < -0.4 is 5.32 Å². The summed E-state index contributed by atoms with van der Waals surface area (Å²) in [7, 11) is 0. The van der Waals surface area contributed by atoms with Crippen molar-refractivity contribution < 1.29 is 9.90 Å². The number of anilines is 1. The van der Waals surface area contributed by atoms with Crippen molar-refractivity contribution in [3.8, 4) is 0 Å². The van der Waals surface area contributed by atoms with E-state index in [2.05, 4.69) is 26.2 Å². The SMILES string of the molecule is O=C(O)c1nc(CNc2ccc(Br)c(Cl)c2Cl)cs1. The van der Waals surface area contributed by atoms with Crippen molar-refractivity contribution in [1.29, 1.82) is 0 Å². The van der Waals surface area contributed by atoms with Gasteiger partial charge in [0.25, 0.3) is 0 Å². The van der Waals surface area contributed by atoms with E-state index >= 15 is 0 Å². The number of nitrogens with one attached hydrogen (secondary N) is 1. The minimum atomic E-state index is -1.03. The number of rotatable bonds is 4.